The summed E-state index contributed by atoms with van der Waals surface area (Å²) in [5, 5.41) is 0. The molecule has 1 fully saturated rings. The Labute approximate surface area is 135 Å². The number of halogens is 3. The molecule has 0 spiro atoms. The molecule has 0 heterocycles. The van der Waals surface area contributed by atoms with Crippen LogP contribution in [0.5, 0.6) is 0 Å². The van der Waals surface area contributed by atoms with Crippen LogP contribution in [0.1, 0.15) is 54.7 Å². The molecule has 0 radical (unpaired) electrons. The molecule has 122 valence electrons. The summed E-state index contributed by atoms with van der Waals surface area (Å²) in [4.78, 5) is 0. The van der Waals surface area contributed by atoms with E-state index in [1.807, 2.05) is 18.2 Å². The molecule has 3 heteroatoms. The van der Waals surface area contributed by atoms with Gasteiger partial charge in [-0.2, -0.15) is 13.2 Å². The standard InChI is InChI=1S/C20H21F3/c1-14-16(15-8-3-2-4-9-15)11-7-12-17(14)18-10-5-6-13-19(18)20(21,22)23/h2-6,8-10,13-14,16-17H,7,11-12H2,1H3. The third-order valence-electron chi connectivity index (χ3n) is 5.19. The Morgan fingerprint density at radius 1 is 0.826 bits per heavy atom. The van der Waals surface area contributed by atoms with Crippen molar-refractivity contribution in [3.8, 4) is 0 Å². The highest BCUT2D eigenvalue weighted by molar-refractivity contribution is 5.35. The Morgan fingerprint density at radius 2 is 1.43 bits per heavy atom. The van der Waals surface area contributed by atoms with Gasteiger partial charge < -0.3 is 0 Å². The minimum Gasteiger partial charge on any atom is -0.166 e. The molecule has 0 N–H and O–H groups in total. The van der Waals surface area contributed by atoms with Crippen LogP contribution in [0.15, 0.2) is 54.6 Å². The van der Waals surface area contributed by atoms with E-state index in [9.17, 15) is 13.2 Å². The quantitative estimate of drug-likeness (QED) is 0.601. The summed E-state index contributed by atoms with van der Waals surface area (Å²) in [5.74, 6) is 0.498. The number of alkyl halides is 3. The van der Waals surface area contributed by atoms with Gasteiger partial charge >= 0.3 is 6.18 Å². The molecule has 2 aromatic carbocycles. The van der Waals surface area contributed by atoms with E-state index >= 15 is 0 Å². The van der Waals surface area contributed by atoms with E-state index in [0.29, 0.717) is 11.5 Å². The van der Waals surface area contributed by atoms with Gasteiger partial charge in [-0.05, 0) is 47.8 Å². The van der Waals surface area contributed by atoms with Gasteiger partial charge in [0, 0.05) is 0 Å². The zero-order valence-corrected chi connectivity index (χ0v) is 13.2. The van der Waals surface area contributed by atoms with Crippen LogP contribution < -0.4 is 0 Å². The van der Waals surface area contributed by atoms with Crippen molar-refractivity contribution in [1.82, 2.24) is 0 Å². The van der Waals surface area contributed by atoms with Crippen LogP contribution in [0.25, 0.3) is 0 Å². The summed E-state index contributed by atoms with van der Waals surface area (Å²) < 4.78 is 40.1. The first kappa shape index (κ1) is 16.1. The van der Waals surface area contributed by atoms with Crippen molar-refractivity contribution in [2.45, 2.75) is 44.2 Å². The largest absolute Gasteiger partial charge is 0.416 e. The lowest BCUT2D eigenvalue weighted by Crippen LogP contribution is -2.25. The molecule has 2 aromatic rings. The Hall–Kier alpha value is -1.77. The average Bonchev–Trinajstić information content (AvgIpc) is 2.55. The molecule has 3 atom stereocenters. The predicted molar refractivity (Wildman–Crippen MR) is 86.4 cm³/mol. The van der Waals surface area contributed by atoms with E-state index in [4.69, 9.17) is 0 Å². The highest BCUT2D eigenvalue weighted by atomic mass is 19.4. The number of benzene rings is 2. The fourth-order valence-corrected chi connectivity index (χ4v) is 4.05. The molecule has 3 rings (SSSR count). The van der Waals surface area contributed by atoms with Crippen LogP contribution in [-0.2, 0) is 6.18 Å². The van der Waals surface area contributed by atoms with Crippen molar-refractivity contribution in [1.29, 1.82) is 0 Å². The van der Waals surface area contributed by atoms with Gasteiger partial charge in [-0.3, -0.25) is 0 Å². The summed E-state index contributed by atoms with van der Waals surface area (Å²) in [7, 11) is 0. The topological polar surface area (TPSA) is 0 Å². The minimum absolute atomic E-state index is 0.0354. The Morgan fingerprint density at radius 3 is 2.13 bits per heavy atom. The summed E-state index contributed by atoms with van der Waals surface area (Å²) in [5.41, 5.74) is 1.24. The fourth-order valence-electron chi connectivity index (χ4n) is 4.05. The van der Waals surface area contributed by atoms with E-state index < -0.39 is 11.7 Å². The number of rotatable bonds is 2. The highest BCUT2D eigenvalue weighted by Gasteiger charge is 2.39. The van der Waals surface area contributed by atoms with Crippen LogP contribution in [-0.4, -0.2) is 0 Å². The molecule has 1 aliphatic carbocycles. The fraction of sp³-hybridized carbons (Fsp3) is 0.400. The maximum absolute atomic E-state index is 13.4. The highest BCUT2D eigenvalue weighted by Crippen LogP contribution is 2.48. The zero-order chi connectivity index (χ0) is 16.4. The maximum Gasteiger partial charge on any atom is 0.416 e. The molecular weight excluding hydrogens is 297 g/mol. The first-order valence-electron chi connectivity index (χ1n) is 8.19. The Kier molecular flexibility index (Phi) is 4.47. The second-order valence-electron chi connectivity index (χ2n) is 6.50. The summed E-state index contributed by atoms with van der Waals surface area (Å²) in [6.45, 7) is 2.11. The summed E-state index contributed by atoms with van der Waals surface area (Å²) in [6.07, 6.45) is -1.43. The summed E-state index contributed by atoms with van der Waals surface area (Å²) >= 11 is 0. The van der Waals surface area contributed by atoms with E-state index in [1.165, 1.54) is 17.7 Å². The van der Waals surface area contributed by atoms with Crippen LogP contribution in [0.4, 0.5) is 13.2 Å². The monoisotopic (exact) mass is 318 g/mol. The lowest BCUT2D eigenvalue weighted by Gasteiger charge is -2.37. The van der Waals surface area contributed by atoms with Gasteiger partial charge in [0.25, 0.3) is 0 Å². The van der Waals surface area contributed by atoms with Crippen molar-refractivity contribution in [2.24, 2.45) is 5.92 Å². The van der Waals surface area contributed by atoms with Gasteiger partial charge in [0.05, 0.1) is 5.56 Å². The van der Waals surface area contributed by atoms with Crippen molar-refractivity contribution >= 4 is 0 Å². The summed E-state index contributed by atoms with van der Waals surface area (Å²) in [6, 6.07) is 16.3. The molecule has 3 unspecified atom stereocenters. The van der Waals surface area contributed by atoms with Gasteiger partial charge in [-0.15, -0.1) is 0 Å². The van der Waals surface area contributed by atoms with Crippen molar-refractivity contribution in [3.63, 3.8) is 0 Å². The minimum atomic E-state index is -4.28. The molecule has 0 aliphatic heterocycles. The molecular formula is C20H21F3. The average molecular weight is 318 g/mol. The lowest BCUT2D eigenvalue weighted by molar-refractivity contribution is -0.138. The normalized spacial score (nSPS) is 25.3. The van der Waals surface area contributed by atoms with Gasteiger partial charge in [0.1, 0.15) is 0 Å². The molecule has 1 aliphatic rings. The third-order valence-corrected chi connectivity index (χ3v) is 5.19. The molecule has 0 amide bonds. The van der Waals surface area contributed by atoms with Crippen LogP contribution in [0.2, 0.25) is 0 Å². The van der Waals surface area contributed by atoms with Gasteiger partial charge in [-0.25, -0.2) is 0 Å². The van der Waals surface area contributed by atoms with Crippen molar-refractivity contribution in [2.75, 3.05) is 0 Å². The molecule has 23 heavy (non-hydrogen) atoms. The molecule has 1 saturated carbocycles. The number of hydrogen-bond acceptors (Lipinski definition) is 0. The molecule has 0 saturated heterocycles. The van der Waals surface area contributed by atoms with Crippen LogP contribution in [0, 0.1) is 5.92 Å². The van der Waals surface area contributed by atoms with Gasteiger partial charge in [-0.1, -0.05) is 61.9 Å². The molecule has 0 nitrogen and oxygen atoms in total. The molecule has 0 aromatic heterocycles. The van der Waals surface area contributed by atoms with E-state index in [2.05, 4.69) is 19.1 Å². The van der Waals surface area contributed by atoms with Crippen molar-refractivity contribution in [3.05, 3.63) is 71.3 Å². The zero-order valence-electron chi connectivity index (χ0n) is 13.2. The lowest BCUT2D eigenvalue weighted by atomic mass is 9.67. The van der Waals surface area contributed by atoms with E-state index in [-0.39, 0.29) is 11.8 Å². The second-order valence-corrected chi connectivity index (χ2v) is 6.50. The van der Waals surface area contributed by atoms with Crippen molar-refractivity contribution < 1.29 is 13.2 Å². The van der Waals surface area contributed by atoms with Crippen LogP contribution in [0.3, 0.4) is 0 Å². The maximum atomic E-state index is 13.4. The Balaban J connectivity index is 1.95. The Bertz CT molecular complexity index is 645. The van der Waals surface area contributed by atoms with Crippen LogP contribution >= 0.6 is 0 Å². The second kappa shape index (κ2) is 6.38. The van der Waals surface area contributed by atoms with Gasteiger partial charge in [0.2, 0.25) is 0 Å². The smallest absolute Gasteiger partial charge is 0.166 e. The first-order valence-corrected chi connectivity index (χ1v) is 8.19. The van der Waals surface area contributed by atoms with Gasteiger partial charge in [0.15, 0.2) is 0 Å². The number of hydrogen-bond donors (Lipinski definition) is 0. The third kappa shape index (κ3) is 3.29. The SMILES string of the molecule is CC1C(c2ccccc2)CCCC1c1ccccc1C(F)(F)F. The first-order chi connectivity index (χ1) is 11.0. The molecule has 0 bridgehead atoms. The predicted octanol–water partition coefficient (Wildman–Crippen LogP) is 6.39. The van der Waals surface area contributed by atoms with E-state index in [0.717, 1.165) is 19.3 Å². The van der Waals surface area contributed by atoms with E-state index in [1.54, 1.807) is 12.1 Å².